The van der Waals surface area contributed by atoms with E-state index in [2.05, 4.69) is 4.90 Å². The maximum atomic E-state index is 13.8. The third kappa shape index (κ3) is 4.81. The Morgan fingerprint density at radius 1 is 1.07 bits per heavy atom. The molecule has 0 saturated carbocycles. The fraction of sp³-hybridized carbons (Fsp3) is 0.531. The second-order valence-electron chi connectivity index (χ2n) is 12.2. The summed E-state index contributed by atoms with van der Waals surface area (Å²) in [6.07, 6.45) is -1.32. The van der Waals surface area contributed by atoms with E-state index in [0.29, 0.717) is 0 Å². The zero-order valence-corrected chi connectivity index (χ0v) is 24.6. The highest BCUT2D eigenvalue weighted by atomic mass is 16.7. The lowest BCUT2D eigenvalue weighted by Crippen LogP contribution is -2.56. The monoisotopic (exact) mass is 611 g/mol. The molecule has 2 aromatic carbocycles. The van der Waals surface area contributed by atoms with Crippen LogP contribution < -0.4 is 4.74 Å². The quantitative estimate of drug-likeness (QED) is 0.254. The molecule has 0 aromatic heterocycles. The summed E-state index contributed by atoms with van der Waals surface area (Å²) in [5, 5.41) is 55.3. The molecule has 0 bridgehead atoms. The SMILES string of the molecule is COc1cccc2c1C(=O)c1c(O)c3c(c(O)c1C2=O)CC(O)(C(=O)CO)CC3OC1CC(N2CCCCC2)C(O)C(C)O1. The third-order valence-corrected chi connectivity index (χ3v) is 9.59. The van der Waals surface area contributed by atoms with Crippen LogP contribution in [0.1, 0.15) is 88.1 Å². The number of piperidine rings is 1. The minimum atomic E-state index is -2.22. The van der Waals surface area contributed by atoms with E-state index in [1.807, 2.05) is 0 Å². The first-order valence-corrected chi connectivity index (χ1v) is 15.0. The number of ketones is 3. The van der Waals surface area contributed by atoms with Crippen molar-refractivity contribution in [2.45, 2.75) is 81.7 Å². The van der Waals surface area contributed by atoms with Gasteiger partial charge in [0.15, 0.2) is 17.9 Å². The molecule has 2 saturated heterocycles. The van der Waals surface area contributed by atoms with Crippen molar-refractivity contribution >= 4 is 17.3 Å². The van der Waals surface area contributed by atoms with Gasteiger partial charge in [-0.3, -0.25) is 19.3 Å². The molecular formula is C32H37NO11. The maximum Gasteiger partial charge on any atom is 0.202 e. The van der Waals surface area contributed by atoms with Crippen LogP contribution in [-0.4, -0.2) is 105 Å². The smallest absolute Gasteiger partial charge is 0.202 e. The van der Waals surface area contributed by atoms with E-state index in [9.17, 15) is 39.9 Å². The zero-order chi connectivity index (χ0) is 31.5. The lowest BCUT2D eigenvalue weighted by Gasteiger charge is -2.46. The predicted octanol–water partition coefficient (Wildman–Crippen LogP) is 1.53. The first-order chi connectivity index (χ1) is 21.0. The van der Waals surface area contributed by atoms with Gasteiger partial charge in [-0.2, -0.15) is 0 Å². The van der Waals surface area contributed by atoms with Gasteiger partial charge in [0.05, 0.1) is 42.1 Å². The van der Waals surface area contributed by atoms with Crippen LogP contribution in [-0.2, 0) is 20.7 Å². The number of Topliss-reactive ketones (excluding diaryl/α,β-unsaturated/α-hetero) is 1. The Bertz CT molecular complexity index is 1520. The summed E-state index contributed by atoms with van der Waals surface area (Å²) in [7, 11) is 1.34. The Balaban J connectivity index is 1.45. The zero-order valence-electron chi connectivity index (χ0n) is 24.6. The summed E-state index contributed by atoms with van der Waals surface area (Å²) in [6.45, 7) is 2.33. The normalized spacial score (nSPS) is 30.3. The second-order valence-corrected chi connectivity index (χ2v) is 12.2. The number of hydrogen-bond acceptors (Lipinski definition) is 12. The van der Waals surface area contributed by atoms with Crippen molar-refractivity contribution in [2.75, 3.05) is 26.8 Å². The minimum Gasteiger partial charge on any atom is -0.507 e. The van der Waals surface area contributed by atoms with Crippen LogP contribution in [0.5, 0.6) is 17.2 Å². The number of carbonyl (C=O) groups excluding carboxylic acids is 3. The molecule has 4 aliphatic rings. The molecule has 5 N–H and O–H groups in total. The number of nitrogens with zero attached hydrogens (tertiary/aromatic N) is 1. The lowest BCUT2D eigenvalue weighted by atomic mass is 9.72. The number of ether oxygens (including phenoxy) is 3. The van der Waals surface area contributed by atoms with Gasteiger partial charge >= 0.3 is 0 Å². The van der Waals surface area contributed by atoms with E-state index < -0.39 is 89.6 Å². The van der Waals surface area contributed by atoms with Gasteiger partial charge < -0.3 is 39.7 Å². The van der Waals surface area contributed by atoms with E-state index in [1.54, 1.807) is 6.92 Å². The van der Waals surface area contributed by atoms with Gasteiger partial charge in [0.25, 0.3) is 0 Å². The Hall–Kier alpha value is -3.39. The van der Waals surface area contributed by atoms with E-state index in [1.165, 1.54) is 25.3 Å². The Morgan fingerprint density at radius 3 is 2.45 bits per heavy atom. The van der Waals surface area contributed by atoms with Crippen LogP contribution in [0.3, 0.4) is 0 Å². The highest BCUT2D eigenvalue weighted by Crippen LogP contribution is 2.52. The number of aliphatic hydroxyl groups excluding tert-OH is 2. The molecule has 2 fully saturated rings. The summed E-state index contributed by atoms with van der Waals surface area (Å²) in [5.41, 5.74) is -3.42. The first kappa shape index (κ1) is 30.6. The standard InChI is InChI=1S/C32H37NO11/c1-15-27(36)18(33-9-4-3-5-10-33)11-22(43-15)44-20-13-32(41,21(35)14-34)12-17-24(20)31(40)26-25(29(17)38)28(37)16-7-6-8-19(42-2)23(16)30(26)39/h6-8,15,18,20,22,27,34,36,38,40-41H,3-5,9-14H2,1-2H3. The van der Waals surface area contributed by atoms with Gasteiger partial charge in [-0.05, 0) is 38.9 Å². The van der Waals surface area contributed by atoms with Crippen LogP contribution in [0.25, 0.3) is 0 Å². The number of aliphatic hydroxyl groups is 3. The number of aromatic hydroxyl groups is 2. The lowest BCUT2D eigenvalue weighted by molar-refractivity contribution is -0.259. The van der Waals surface area contributed by atoms with Gasteiger partial charge in [0.2, 0.25) is 5.78 Å². The predicted molar refractivity (Wildman–Crippen MR) is 153 cm³/mol. The van der Waals surface area contributed by atoms with Crippen LogP contribution >= 0.6 is 0 Å². The number of rotatable bonds is 6. The molecule has 6 unspecified atom stereocenters. The molecule has 0 radical (unpaired) electrons. The molecule has 44 heavy (non-hydrogen) atoms. The van der Waals surface area contributed by atoms with Crippen molar-refractivity contribution in [2.24, 2.45) is 0 Å². The van der Waals surface area contributed by atoms with Crippen molar-refractivity contribution < 1.29 is 54.1 Å². The molecule has 0 spiro atoms. The Kier molecular flexibility index (Phi) is 8.02. The van der Waals surface area contributed by atoms with Crippen LogP contribution in [0.15, 0.2) is 18.2 Å². The van der Waals surface area contributed by atoms with E-state index >= 15 is 0 Å². The minimum absolute atomic E-state index is 0.0336. The average Bonchev–Trinajstić information content (AvgIpc) is 3.02. The number of carbonyl (C=O) groups is 3. The van der Waals surface area contributed by atoms with Gasteiger partial charge in [0, 0.05) is 42.0 Å². The number of hydrogen-bond donors (Lipinski definition) is 5. The number of benzene rings is 2. The molecule has 2 heterocycles. The highest BCUT2D eigenvalue weighted by molar-refractivity contribution is 6.31. The highest BCUT2D eigenvalue weighted by Gasteiger charge is 2.50. The number of likely N-dealkylation sites (tertiary alicyclic amines) is 1. The molecule has 6 atom stereocenters. The molecule has 0 amide bonds. The average molecular weight is 612 g/mol. The van der Waals surface area contributed by atoms with Crippen LogP contribution in [0.4, 0.5) is 0 Å². The fourth-order valence-electron chi connectivity index (χ4n) is 7.31. The molecule has 6 rings (SSSR count). The summed E-state index contributed by atoms with van der Waals surface area (Å²) < 4.78 is 17.7. The Labute approximate surface area is 253 Å². The molecule has 2 aliphatic heterocycles. The van der Waals surface area contributed by atoms with E-state index in [-0.39, 0.29) is 40.5 Å². The second kappa shape index (κ2) is 11.5. The van der Waals surface area contributed by atoms with E-state index in [0.717, 1.165) is 32.4 Å². The van der Waals surface area contributed by atoms with Gasteiger partial charge in [-0.25, -0.2) is 0 Å². The summed E-state index contributed by atoms with van der Waals surface area (Å²) >= 11 is 0. The topological polar surface area (TPSA) is 183 Å². The van der Waals surface area contributed by atoms with E-state index in [4.69, 9.17) is 14.2 Å². The molecular weight excluding hydrogens is 574 g/mol. The number of methoxy groups -OCH3 is 1. The van der Waals surface area contributed by atoms with Crippen molar-refractivity contribution in [3.8, 4) is 17.2 Å². The summed E-state index contributed by atoms with van der Waals surface area (Å²) in [4.78, 5) is 42.5. The largest absolute Gasteiger partial charge is 0.507 e. The molecule has 2 aliphatic carbocycles. The number of phenolic OH excluding ortho intramolecular Hbond substituents is 2. The summed E-state index contributed by atoms with van der Waals surface area (Å²) in [5.74, 6) is -3.60. The van der Waals surface area contributed by atoms with Gasteiger partial charge in [0.1, 0.15) is 29.5 Å². The summed E-state index contributed by atoms with van der Waals surface area (Å²) in [6, 6.07) is 4.14. The molecule has 2 aromatic rings. The number of fused-ring (bicyclic) bond motifs is 3. The van der Waals surface area contributed by atoms with Crippen molar-refractivity contribution in [3.63, 3.8) is 0 Å². The number of phenols is 2. The van der Waals surface area contributed by atoms with Gasteiger partial charge in [-0.1, -0.05) is 18.6 Å². The fourth-order valence-corrected chi connectivity index (χ4v) is 7.31. The van der Waals surface area contributed by atoms with Crippen molar-refractivity contribution in [3.05, 3.63) is 51.6 Å². The Morgan fingerprint density at radius 2 is 1.77 bits per heavy atom. The van der Waals surface area contributed by atoms with Crippen LogP contribution in [0, 0.1) is 0 Å². The van der Waals surface area contributed by atoms with Crippen molar-refractivity contribution in [1.29, 1.82) is 0 Å². The third-order valence-electron chi connectivity index (χ3n) is 9.59. The molecule has 12 heteroatoms. The van der Waals surface area contributed by atoms with Gasteiger partial charge in [-0.15, -0.1) is 0 Å². The van der Waals surface area contributed by atoms with Crippen molar-refractivity contribution in [1.82, 2.24) is 4.90 Å². The van der Waals surface area contributed by atoms with Crippen LogP contribution in [0.2, 0.25) is 0 Å². The molecule has 236 valence electrons. The molecule has 12 nitrogen and oxygen atoms in total. The maximum absolute atomic E-state index is 13.8. The first-order valence-electron chi connectivity index (χ1n) is 15.0.